The molecule has 3 heteroatoms. The van der Waals surface area contributed by atoms with Gasteiger partial charge < -0.3 is 0 Å². The Morgan fingerprint density at radius 2 is 1.65 bits per heavy atom. The Morgan fingerprint density at radius 1 is 0.865 bits per heavy atom. The molecule has 196 valence electrons. The van der Waals surface area contributed by atoms with Crippen molar-refractivity contribution >= 4 is 22.8 Å². The number of aliphatic imine (C=N–C) groups is 2. The van der Waals surface area contributed by atoms with Crippen molar-refractivity contribution in [2.45, 2.75) is 91.4 Å². The first-order valence-corrected chi connectivity index (χ1v) is 13.4. The number of nitrogens with zero attached hydrogens (tertiary/aromatic N) is 2. The van der Waals surface area contributed by atoms with Crippen molar-refractivity contribution in [3.63, 3.8) is 0 Å². The van der Waals surface area contributed by atoms with Crippen LogP contribution >= 0.6 is 0 Å². The molecule has 0 fully saturated rings. The first kappa shape index (κ1) is 32.0. The van der Waals surface area contributed by atoms with Gasteiger partial charge in [-0.3, -0.25) is 4.99 Å². The maximum atomic E-state index is 5.55. The van der Waals surface area contributed by atoms with Crippen molar-refractivity contribution < 1.29 is 16.5 Å². The van der Waals surface area contributed by atoms with E-state index >= 15 is 0 Å². The summed E-state index contributed by atoms with van der Waals surface area (Å²) in [7, 11) is 0. The molecule has 0 aliphatic carbocycles. The summed E-state index contributed by atoms with van der Waals surface area (Å²) >= 11 is 0. The van der Waals surface area contributed by atoms with Crippen molar-refractivity contribution in [3.05, 3.63) is 59.7 Å². The summed E-state index contributed by atoms with van der Waals surface area (Å²) in [5.74, 6) is 15.5. The smallest absolute Gasteiger partial charge is 0.135 e. The number of hydrogen-bond donors (Lipinski definition) is 0. The molecule has 37 heavy (non-hydrogen) atoms. The van der Waals surface area contributed by atoms with Gasteiger partial charge in [0.15, 0.2) is 0 Å². The molecule has 0 aliphatic heterocycles. The van der Waals surface area contributed by atoms with E-state index in [1.165, 1.54) is 32.1 Å². The van der Waals surface area contributed by atoms with Gasteiger partial charge >= 0.3 is 0 Å². The molecule has 0 saturated carbocycles. The quantitative estimate of drug-likeness (QED) is 0.106. The SMILES string of the molecule is C#CCCc1ccccc1N=C(CCCCCCCC)C(C#CCCC)=Nc1cccc(C#CC)c1.[Ni]. The molecule has 0 saturated heterocycles. The number of aryl methyl sites for hydroxylation is 1. The maximum Gasteiger partial charge on any atom is 0.135 e. The average molecular weight is 535 g/mol. The normalized spacial score (nSPS) is 10.9. The molecule has 0 aromatic heterocycles. The van der Waals surface area contributed by atoms with Crippen LogP contribution in [0, 0.1) is 36.0 Å². The largest absolute Gasteiger partial charge is 0.250 e. The van der Waals surface area contributed by atoms with E-state index in [2.05, 4.69) is 61.6 Å². The van der Waals surface area contributed by atoms with Crippen LogP contribution in [-0.4, -0.2) is 11.4 Å². The molecule has 0 bridgehead atoms. The Kier molecular flexibility index (Phi) is 17.3. The molecule has 2 rings (SSSR count). The third kappa shape index (κ3) is 12.7. The van der Waals surface area contributed by atoms with Crippen molar-refractivity contribution in [2.24, 2.45) is 9.98 Å². The van der Waals surface area contributed by atoms with Crippen LogP contribution in [0.4, 0.5) is 11.4 Å². The van der Waals surface area contributed by atoms with E-state index in [0.717, 1.165) is 66.0 Å². The van der Waals surface area contributed by atoms with Crippen LogP contribution in [0.2, 0.25) is 0 Å². The van der Waals surface area contributed by atoms with Crippen molar-refractivity contribution in [1.29, 1.82) is 0 Å². The average Bonchev–Trinajstić information content (AvgIpc) is 2.89. The summed E-state index contributed by atoms with van der Waals surface area (Å²) in [4.78, 5) is 10.2. The Hall–Kier alpha value is -3.05. The Bertz CT molecular complexity index is 1180. The number of para-hydroxylation sites is 1. The van der Waals surface area contributed by atoms with Crippen LogP contribution in [0.3, 0.4) is 0 Å². The topological polar surface area (TPSA) is 24.7 Å². The first-order chi connectivity index (χ1) is 17.7. The van der Waals surface area contributed by atoms with Gasteiger partial charge in [0.2, 0.25) is 0 Å². The molecule has 2 nitrogen and oxygen atoms in total. The van der Waals surface area contributed by atoms with E-state index in [9.17, 15) is 0 Å². The molecule has 0 radical (unpaired) electrons. The second-order valence-corrected chi connectivity index (χ2v) is 8.85. The Labute approximate surface area is 235 Å². The minimum atomic E-state index is 0. The zero-order valence-corrected chi connectivity index (χ0v) is 23.7. The van der Waals surface area contributed by atoms with Crippen LogP contribution in [0.1, 0.15) is 96.1 Å². The molecule has 0 unspecified atom stereocenters. The number of rotatable bonds is 13. The molecule has 2 aromatic rings. The van der Waals surface area contributed by atoms with Gasteiger partial charge in [-0.25, -0.2) is 4.99 Å². The molecule has 0 spiro atoms. The molecule has 0 amide bonds. The fourth-order valence-electron chi connectivity index (χ4n) is 3.85. The van der Waals surface area contributed by atoms with E-state index < -0.39 is 0 Å². The second kappa shape index (κ2) is 20.1. The number of hydrogen-bond acceptors (Lipinski definition) is 2. The maximum absolute atomic E-state index is 5.55. The summed E-state index contributed by atoms with van der Waals surface area (Å²) < 4.78 is 0. The summed E-state index contributed by atoms with van der Waals surface area (Å²) in [6.45, 7) is 6.24. The molecule has 0 heterocycles. The molecular formula is C34H40N2Ni. The van der Waals surface area contributed by atoms with E-state index in [-0.39, 0.29) is 16.5 Å². The first-order valence-electron chi connectivity index (χ1n) is 13.4. The van der Waals surface area contributed by atoms with Crippen LogP contribution in [-0.2, 0) is 22.9 Å². The molecule has 0 atom stereocenters. The van der Waals surface area contributed by atoms with Gasteiger partial charge in [-0.15, -0.1) is 18.3 Å². The fourth-order valence-corrected chi connectivity index (χ4v) is 3.85. The predicted octanol–water partition coefficient (Wildman–Crippen LogP) is 9.02. The van der Waals surface area contributed by atoms with E-state index in [1.54, 1.807) is 0 Å². The molecule has 0 aliphatic rings. The van der Waals surface area contributed by atoms with Crippen molar-refractivity contribution in [1.82, 2.24) is 0 Å². The summed E-state index contributed by atoms with van der Waals surface area (Å²) in [5.41, 5.74) is 5.64. The van der Waals surface area contributed by atoms with Gasteiger partial charge in [0.1, 0.15) is 5.71 Å². The van der Waals surface area contributed by atoms with Crippen LogP contribution in [0.25, 0.3) is 0 Å². The molecule has 2 aromatic carbocycles. The zero-order chi connectivity index (χ0) is 25.8. The molecular weight excluding hydrogens is 495 g/mol. The van der Waals surface area contributed by atoms with Gasteiger partial charge in [-0.05, 0) is 68.4 Å². The number of terminal acetylenes is 1. The summed E-state index contributed by atoms with van der Waals surface area (Å²) in [6, 6.07) is 16.3. The summed E-state index contributed by atoms with van der Waals surface area (Å²) in [6.07, 6.45) is 17.1. The van der Waals surface area contributed by atoms with Gasteiger partial charge in [-0.2, -0.15) is 0 Å². The van der Waals surface area contributed by atoms with Gasteiger partial charge in [0.05, 0.1) is 17.1 Å². The van der Waals surface area contributed by atoms with Gasteiger partial charge in [0, 0.05) is 34.9 Å². The van der Waals surface area contributed by atoms with Crippen molar-refractivity contribution in [3.8, 4) is 36.0 Å². The van der Waals surface area contributed by atoms with Gasteiger partial charge in [-0.1, -0.05) is 82.1 Å². The second-order valence-electron chi connectivity index (χ2n) is 8.85. The molecule has 0 N–H and O–H groups in total. The standard InChI is InChI=1S/C34H40N2.Ni/c1-5-9-12-13-14-16-27-34(36-32-25-18-17-23-30(32)22-11-7-3)33(26-15-10-6-2)35-31-24-19-21-29(28-31)20-8-4;/h3,17-19,21,23-25,28H,5-6,9-14,16,22,27H2,1-2,4H3;. The third-order valence-corrected chi connectivity index (χ3v) is 5.76. The number of benzene rings is 2. The third-order valence-electron chi connectivity index (χ3n) is 5.76. The zero-order valence-electron chi connectivity index (χ0n) is 22.7. The van der Waals surface area contributed by atoms with E-state index in [1.807, 2.05) is 37.3 Å². The fraction of sp³-hybridized carbons (Fsp3) is 0.412. The predicted molar refractivity (Wildman–Crippen MR) is 157 cm³/mol. The minimum absolute atomic E-state index is 0. The number of unbranched alkanes of at least 4 members (excludes halogenated alkanes) is 6. The van der Waals surface area contributed by atoms with E-state index in [0.29, 0.717) is 6.42 Å². The van der Waals surface area contributed by atoms with Crippen LogP contribution in [0.5, 0.6) is 0 Å². The Morgan fingerprint density at radius 3 is 2.41 bits per heavy atom. The van der Waals surface area contributed by atoms with Gasteiger partial charge in [0.25, 0.3) is 0 Å². The van der Waals surface area contributed by atoms with Crippen molar-refractivity contribution in [2.75, 3.05) is 0 Å². The summed E-state index contributed by atoms with van der Waals surface area (Å²) in [5, 5.41) is 0. The monoisotopic (exact) mass is 534 g/mol. The minimum Gasteiger partial charge on any atom is -0.250 e. The van der Waals surface area contributed by atoms with Crippen LogP contribution in [0.15, 0.2) is 58.5 Å². The Balaban J connectivity index is 0.00000684. The van der Waals surface area contributed by atoms with Crippen LogP contribution < -0.4 is 0 Å². The van der Waals surface area contributed by atoms with E-state index in [4.69, 9.17) is 16.4 Å².